The summed E-state index contributed by atoms with van der Waals surface area (Å²) < 4.78 is 11.1. The normalized spacial score (nSPS) is 19.0. The lowest BCUT2D eigenvalue weighted by Crippen LogP contribution is -2.48. The summed E-state index contributed by atoms with van der Waals surface area (Å²) in [7, 11) is 0. The second-order valence-electron chi connectivity index (χ2n) is 9.56. The predicted molar refractivity (Wildman–Crippen MR) is 140 cm³/mol. The maximum Gasteiger partial charge on any atom is 0.329 e. The molecule has 4 atom stereocenters. The minimum Gasteiger partial charge on any atom is -0.461 e. The largest absolute Gasteiger partial charge is 0.461 e. The van der Waals surface area contributed by atoms with E-state index in [1.54, 1.807) is 0 Å². The fourth-order valence-corrected chi connectivity index (χ4v) is 4.19. The van der Waals surface area contributed by atoms with Gasteiger partial charge in [0.1, 0.15) is 18.2 Å². The van der Waals surface area contributed by atoms with Crippen LogP contribution in [0.1, 0.15) is 104 Å². The fourth-order valence-electron chi connectivity index (χ4n) is 4.19. The molecule has 8 heteroatoms. The van der Waals surface area contributed by atoms with E-state index >= 15 is 0 Å². The molecule has 0 spiro atoms. The van der Waals surface area contributed by atoms with E-state index in [1.807, 2.05) is 12.2 Å². The molecule has 1 fully saturated rings. The van der Waals surface area contributed by atoms with Crippen LogP contribution in [0.15, 0.2) is 24.3 Å². The van der Waals surface area contributed by atoms with Crippen LogP contribution in [0.5, 0.6) is 0 Å². The van der Waals surface area contributed by atoms with E-state index in [4.69, 9.17) is 15.2 Å². The van der Waals surface area contributed by atoms with E-state index in [-0.39, 0.29) is 24.4 Å². The van der Waals surface area contributed by atoms with Crippen molar-refractivity contribution >= 4 is 23.8 Å². The van der Waals surface area contributed by atoms with Crippen molar-refractivity contribution in [2.45, 2.75) is 122 Å². The summed E-state index contributed by atoms with van der Waals surface area (Å²) >= 11 is 0. The Morgan fingerprint density at radius 2 is 1.72 bits per heavy atom. The molecule has 0 aromatic heterocycles. The van der Waals surface area contributed by atoms with E-state index in [0.29, 0.717) is 12.8 Å². The molecule has 0 aromatic rings. The van der Waals surface area contributed by atoms with Gasteiger partial charge >= 0.3 is 11.9 Å². The van der Waals surface area contributed by atoms with Crippen LogP contribution >= 0.6 is 0 Å². The average molecular weight is 507 g/mol. The van der Waals surface area contributed by atoms with Crippen LogP contribution in [-0.2, 0) is 28.7 Å². The number of hydrogen-bond donors (Lipinski definition) is 2. The van der Waals surface area contributed by atoms with Gasteiger partial charge in [-0.3, -0.25) is 14.4 Å². The number of nitrogens with one attached hydrogen (secondary N) is 1. The lowest BCUT2D eigenvalue weighted by atomic mass is 9.87. The molecule has 3 N–H and O–H groups in total. The number of carbonyl (C=O) groups is 4. The molecule has 0 bridgehead atoms. The molecule has 1 aliphatic rings. The number of esters is 2. The topological polar surface area (TPSA) is 125 Å². The van der Waals surface area contributed by atoms with Crippen LogP contribution in [0.4, 0.5) is 0 Å². The van der Waals surface area contributed by atoms with E-state index in [2.05, 4.69) is 31.3 Å². The highest BCUT2D eigenvalue weighted by Crippen LogP contribution is 2.32. The van der Waals surface area contributed by atoms with E-state index < -0.39 is 29.9 Å². The highest BCUT2D eigenvalue weighted by molar-refractivity contribution is 5.88. The molecule has 2 amide bonds. The first kappa shape index (κ1) is 31.4. The Morgan fingerprint density at radius 3 is 2.36 bits per heavy atom. The number of ether oxygens (including phenoxy) is 2. The average Bonchev–Trinajstić information content (AvgIpc) is 2.81. The Bertz CT molecular complexity index is 732. The molecule has 204 valence electrons. The van der Waals surface area contributed by atoms with E-state index in [1.165, 1.54) is 26.2 Å². The highest BCUT2D eigenvalue weighted by atomic mass is 16.6. The second kappa shape index (κ2) is 18.6. The Hall–Kier alpha value is -2.64. The third-order valence-corrected chi connectivity index (χ3v) is 6.21. The quantitative estimate of drug-likeness (QED) is 0.141. The van der Waals surface area contributed by atoms with Gasteiger partial charge in [0, 0.05) is 19.8 Å². The first-order valence-corrected chi connectivity index (χ1v) is 13.5. The third-order valence-electron chi connectivity index (χ3n) is 6.21. The van der Waals surface area contributed by atoms with Gasteiger partial charge < -0.3 is 20.5 Å². The molecule has 0 radical (unpaired) electrons. The number of hydrogen-bond acceptors (Lipinski definition) is 6. The third kappa shape index (κ3) is 13.4. The number of allylic oxidation sites excluding steroid dienone is 3. The molecule has 0 aliphatic carbocycles. The van der Waals surface area contributed by atoms with Crippen molar-refractivity contribution in [3.63, 3.8) is 0 Å². The molecule has 0 unspecified atom stereocenters. The van der Waals surface area contributed by atoms with Gasteiger partial charge in [0.05, 0.1) is 12.3 Å². The van der Waals surface area contributed by atoms with Crippen LogP contribution in [-0.4, -0.2) is 42.0 Å². The number of unbranched alkanes of at least 4 members (excludes halogenated alkanes) is 6. The summed E-state index contributed by atoms with van der Waals surface area (Å²) in [6.45, 7) is 5.58. The Morgan fingerprint density at radius 1 is 1.03 bits per heavy atom. The van der Waals surface area contributed by atoms with Gasteiger partial charge in [-0.2, -0.15) is 0 Å². The second-order valence-corrected chi connectivity index (χ2v) is 9.56. The molecule has 0 saturated carbocycles. The van der Waals surface area contributed by atoms with Crippen LogP contribution in [0.3, 0.4) is 0 Å². The summed E-state index contributed by atoms with van der Waals surface area (Å²) in [5.41, 5.74) is 5.24. The zero-order chi connectivity index (χ0) is 26.8. The van der Waals surface area contributed by atoms with E-state index in [0.717, 1.165) is 44.9 Å². The molecule has 36 heavy (non-hydrogen) atoms. The van der Waals surface area contributed by atoms with Gasteiger partial charge in [0.15, 0.2) is 0 Å². The summed E-state index contributed by atoms with van der Waals surface area (Å²) in [5, 5.41) is 2.43. The zero-order valence-corrected chi connectivity index (χ0v) is 22.3. The van der Waals surface area contributed by atoms with Gasteiger partial charge in [-0.25, -0.2) is 4.79 Å². The SMILES string of the molecule is CCCCC/C=C\C/C=C\C[C@@H](C[C@@H]1OC(=O)[C@H]1CCCCCC)OC(=O)[C@H](CC(N)=O)NC(C)=O. The van der Waals surface area contributed by atoms with Crippen molar-refractivity contribution in [1.29, 1.82) is 0 Å². The maximum atomic E-state index is 12.8. The van der Waals surface area contributed by atoms with Crippen molar-refractivity contribution in [3.05, 3.63) is 24.3 Å². The van der Waals surface area contributed by atoms with Crippen molar-refractivity contribution in [1.82, 2.24) is 5.32 Å². The van der Waals surface area contributed by atoms with Crippen molar-refractivity contribution < 1.29 is 28.7 Å². The fraction of sp³-hybridized carbons (Fsp3) is 0.714. The van der Waals surface area contributed by atoms with Crippen LogP contribution in [0.25, 0.3) is 0 Å². The number of primary amides is 1. The van der Waals surface area contributed by atoms with Crippen molar-refractivity contribution in [3.8, 4) is 0 Å². The minimum atomic E-state index is -1.15. The Labute approximate surface area is 216 Å². The Kier molecular flexibility index (Phi) is 16.2. The minimum absolute atomic E-state index is 0.185. The van der Waals surface area contributed by atoms with Crippen molar-refractivity contribution in [2.24, 2.45) is 11.7 Å². The maximum absolute atomic E-state index is 12.8. The highest BCUT2D eigenvalue weighted by Gasteiger charge is 2.43. The first-order valence-electron chi connectivity index (χ1n) is 13.5. The Balaban J connectivity index is 2.75. The lowest BCUT2D eigenvalue weighted by molar-refractivity contribution is -0.190. The van der Waals surface area contributed by atoms with Crippen LogP contribution in [0, 0.1) is 5.92 Å². The van der Waals surface area contributed by atoms with E-state index in [9.17, 15) is 19.2 Å². The molecule has 1 aliphatic heterocycles. The summed E-state index contributed by atoms with van der Waals surface area (Å²) in [5.74, 6) is -2.28. The van der Waals surface area contributed by atoms with Crippen LogP contribution in [0.2, 0.25) is 0 Å². The number of cyclic esters (lactones) is 1. The van der Waals surface area contributed by atoms with Crippen LogP contribution < -0.4 is 11.1 Å². The molecule has 1 saturated heterocycles. The van der Waals surface area contributed by atoms with Gasteiger partial charge in [0.2, 0.25) is 11.8 Å². The molecule has 0 aromatic carbocycles. The standard InChI is InChI=1S/C28H46N2O6/c1-4-6-8-10-11-12-13-14-15-17-22(35-28(34)24(20-26(29)32)30-21(3)31)19-25-23(27(33)36-25)18-16-9-7-5-2/h11-12,14-15,22-25H,4-10,13,16-20H2,1-3H3,(H2,29,32)(H,30,31)/b12-11-,15-14-/t22-,23-,24-,25-/m0/s1. The first-order chi connectivity index (χ1) is 17.3. The molecule has 8 nitrogen and oxygen atoms in total. The molecule has 1 heterocycles. The number of nitrogens with two attached hydrogens (primary N) is 1. The van der Waals surface area contributed by atoms with Crippen molar-refractivity contribution in [2.75, 3.05) is 0 Å². The van der Waals surface area contributed by atoms with Gasteiger partial charge in [-0.05, 0) is 25.7 Å². The van der Waals surface area contributed by atoms with Gasteiger partial charge in [-0.1, -0.05) is 76.7 Å². The van der Waals surface area contributed by atoms with Gasteiger partial charge in [-0.15, -0.1) is 0 Å². The number of amides is 2. The molecular weight excluding hydrogens is 460 g/mol. The zero-order valence-electron chi connectivity index (χ0n) is 22.3. The summed E-state index contributed by atoms with van der Waals surface area (Å²) in [4.78, 5) is 47.7. The number of rotatable bonds is 20. The van der Waals surface area contributed by atoms with Gasteiger partial charge in [0.25, 0.3) is 0 Å². The monoisotopic (exact) mass is 506 g/mol. The smallest absolute Gasteiger partial charge is 0.329 e. The summed E-state index contributed by atoms with van der Waals surface area (Å²) in [6, 6.07) is -1.15. The lowest BCUT2D eigenvalue weighted by Gasteiger charge is -2.37. The molecule has 1 rings (SSSR count). The summed E-state index contributed by atoms with van der Waals surface area (Å²) in [6.07, 6.45) is 18.4. The predicted octanol–water partition coefficient (Wildman–Crippen LogP) is 4.65. The number of carbonyl (C=O) groups excluding carboxylic acids is 4. The molecular formula is C28H46N2O6.